The number of hydrogen-bond acceptors (Lipinski definition) is 5. The fourth-order valence-electron chi connectivity index (χ4n) is 2.22. The van der Waals surface area contributed by atoms with Gasteiger partial charge in [-0.1, -0.05) is 41.9 Å². The number of rotatable bonds is 6. The fraction of sp³-hybridized carbons (Fsp3) is 0.176. The molecule has 136 valence electrons. The van der Waals surface area contributed by atoms with Crippen LogP contribution < -0.4 is 10.6 Å². The number of methoxy groups -OCH3 is 1. The first-order chi connectivity index (χ1) is 12.4. The number of nitrogens with one attached hydrogen (secondary N) is 2. The molecule has 2 aromatic rings. The van der Waals surface area contributed by atoms with Crippen LogP contribution in [0, 0.1) is 10.1 Å². The summed E-state index contributed by atoms with van der Waals surface area (Å²) in [6, 6.07) is 12.0. The number of nitrogens with zero attached hydrogens (tertiary/aromatic N) is 1. The highest BCUT2D eigenvalue weighted by Crippen LogP contribution is 2.27. The van der Waals surface area contributed by atoms with Crippen LogP contribution in [0.25, 0.3) is 0 Å². The molecule has 0 radical (unpaired) electrons. The van der Waals surface area contributed by atoms with E-state index in [2.05, 4.69) is 15.4 Å². The first-order valence-corrected chi connectivity index (χ1v) is 7.91. The summed E-state index contributed by atoms with van der Waals surface area (Å²) in [5, 5.41) is 15.9. The standard InChI is InChI=1S/C17H16ClN3O5/c1-26-17(23)20-14(9-11-5-3-2-4-6-11)16(22)19-12-7-8-13(18)15(10-12)21(24)25/h2-8,10,14H,9H2,1H3,(H,19,22)(H,20,23). The Bertz CT molecular complexity index is 813. The number of alkyl carbamates (subject to hydrolysis) is 1. The topological polar surface area (TPSA) is 111 Å². The molecule has 0 fully saturated rings. The van der Waals surface area contributed by atoms with Crippen molar-refractivity contribution in [2.24, 2.45) is 0 Å². The summed E-state index contributed by atoms with van der Waals surface area (Å²) < 4.78 is 4.55. The van der Waals surface area contributed by atoms with Crippen molar-refractivity contribution < 1.29 is 19.2 Å². The molecule has 1 atom stereocenters. The summed E-state index contributed by atoms with van der Waals surface area (Å²) in [5.41, 5.74) is 0.687. The van der Waals surface area contributed by atoms with Crippen LogP contribution in [0.3, 0.4) is 0 Å². The van der Waals surface area contributed by atoms with Gasteiger partial charge in [0, 0.05) is 18.2 Å². The summed E-state index contributed by atoms with van der Waals surface area (Å²) in [5.74, 6) is -0.545. The van der Waals surface area contributed by atoms with Crippen molar-refractivity contribution in [3.63, 3.8) is 0 Å². The van der Waals surface area contributed by atoms with E-state index in [9.17, 15) is 19.7 Å². The van der Waals surface area contributed by atoms with Gasteiger partial charge in [-0.15, -0.1) is 0 Å². The minimum atomic E-state index is -0.931. The number of anilines is 1. The molecule has 2 rings (SSSR count). The van der Waals surface area contributed by atoms with Crippen LogP contribution in [0.2, 0.25) is 5.02 Å². The molecule has 2 amide bonds. The largest absolute Gasteiger partial charge is 0.453 e. The molecule has 2 aromatic carbocycles. The second-order valence-electron chi connectivity index (χ2n) is 5.29. The first kappa shape index (κ1) is 19.2. The van der Waals surface area contributed by atoms with Gasteiger partial charge < -0.3 is 15.4 Å². The van der Waals surface area contributed by atoms with Gasteiger partial charge in [-0.2, -0.15) is 0 Å². The van der Waals surface area contributed by atoms with Crippen LogP contribution in [0.15, 0.2) is 48.5 Å². The number of halogens is 1. The van der Waals surface area contributed by atoms with E-state index >= 15 is 0 Å². The predicted octanol–water partition coefficient (Wildman–Crippen LogP) is 3.15. The van der Waals surface area contributed by atoms with Crippen LogP contribution in [0.4, 0.5) is 16.2 Å². The molecule has 0 aliphatic rings. The quantitative estimate of drug-likeness (QED) is 0.593. The Balaban J connectivity index is 2.19. The maximum atomic E-state index is 12.6. The lowest BCUT2D eigenvalue weighted by Crippen LogP contribution is -2.45. The molecule has 0 aromatic heterocycles. The lowest BCUT2D eigenvalue weighted by atomic mass is 10.1. The fourth-order valence-corrected chi connectivity index (χ4v) is 2.41. The maximum Gasteiger partial charge on any atom is 0.407 e. The number of hydrogen-bond donors (Lipinski definition) is 2. The molecule has 8 nitrogen and oxygen atoms in total. The van der Waals surface area contributed by atoms with Gasteiger partial charge in [0.25, 0.3) is 5.69 Å². The van der Waals surface area contributed by atoms with Gasteiger partial charge in [-0.05, 0) is 17.7 Å². The van der Waals surface area contributed by atoms with Crippen LogP contribution in [-0.4, -0.2) is 30.1 Å². The summed E-state index contributed by atoms with van der Waals surface area (Å²) in [7, 11) is 1.19. The summed E-state index contributed by atoms with van der Waals surface area (Å²) >= 11 is 5.76. The third-order valence-electron chi connectivity index (χ3n) is 3.49. The highest BCUT2D eigenvalue weighted by Gasteiger charge is 2.23. The van der Waals surface area contributed by atoms with Crippen molar-refractivity contribution in [2.75, 3.05) is 12.4 Å². The van der Waals surface area contributed by atoms with E-state index in [1.54, 1.807) is 0 Å². The maximum absolute atomic E-state index is 12.6. The molecule has 9 heteroatoms. The molecule has 0 heterocycles. The zero-order valence-electron chi connectivity index (χ0n) is 13.8. The Labute approximate surface area is 154 Å². The highest BCUT2D eigenvalue weighted by atomic mass is 35.5. The van der Waals surface area contributed by atoms with Crippen molar-refractivity contribution in [3.8, 4) is 0 Å². The smallest absolute Gasteiger partial charge is 0.407 e. The zero-order valence-corrected chi connectivity index (χ0v) is 14.5. The second-order valence-corrected chi connectivity index (χ2v) is 5.70. The summed E-state index contributed by atoms with van der Waals surface area (Å²) in [6.45, 7) is 0. The number of nitro benzene ring substituents is 1. The van der Waals surface area contributed by atoms with Crippen molar-refractivity contribution >= 4 is 35.0 Å². The van der Waals surface area contributed by atoms with Gasteiger partial charge in [-0.3, -0.25) is 14.9 Å². The van der Waals surface area contributed by atoms with E-state index in [1.165, 1.54) is 19.2 Å². The molecule has 0 aliphatic heterocycles. The van der Waals surface area contributed by atoms with E-state index in [0.29, 0.717) is 0 Å². The van der Waals surface area contributed by atoms with E-state index in [1.807, 2.05) is 30.3 Å². The van der Waals surface area contributed by atoms with Crippen molar-refractivity contribution in [1.82, 2.24) is 5.32 Å². The molecule has 0 bridgehead atoms. The molecular formula is C17H16ClN3O5. The molecule has 26 heavy (non-hydrogen) atoms. The third-order valence-corrected chi connectivity index (χ3v) is 3.81. The molecule has 0 spiro atoms. The molecule has 2 N–H and O–H groups in total. The minimum Gasteiger partial charge on any atom is -0.453 e. The predicted molar refractivity (Wildman–Crippen MR) is 96.2 cm³/mol. The molecule has 1 unspecified atom stereocenters. The summed E-state index contributed by atoms with van der Waals surface area (Å²) in [4.78, 5) is 34.4. The average Bonchev–Trinajstić information content (AvgIpc) is 2.63. The summed E-state index contributed by atoms with van der Waals surface area (Å²) in [6.07, 6.45) is -0.541. The number of ether oxygens (including phenoxy) is 1. The molecule has 0 aliphatic carbocycles. The van der Waals surface area contributed by atoms with E-state index in [0.717, 1.165) is 11.6 Å². The first-order valence-electron chi connectivity index (χ1n) is 7.54. The highest BCUT2D eigenvalue weighted by molar-refractivity contribution is 6.32. The van der Waals surface area contributed by atoms with Gasteiger partial charge in [-0.25, -0.2) is 4.79 Å². The van der Waals surface area contributed by atoms with Crippen molar-refractivity contribution in [2.45, 2.75) is 12.5 Å². The van der Waals surface area contributed by atoms with Gasteiger partial charge in [0.1, 0.15) is 11.1 Å². The van der Waals surface area contributed by atoms with Gasteiger partial charge in [0.05, 0.1) is 12.0 Å². The van der Waals surface area contributed by atoms with Crippen molar-refractivity contribution in [3.05, 3.63) is 69.2 Å². The molecular weight excluding hydrogens is 362 g/mol. The van der Waals surface area contributed by atoms with Crippen LogP contribution in [-0.2, 0) is 16.0 Å². The Morgan fingerprint density at radius 2 is 1.92 bits per heavy atom. The van der Waals surface area contributed by atoms with Crippen LogP contribution in [0.1, 0.15) is 5.56 Å². The Kier molecular flexibility index (Phi) is 6.51. The number of amides is 2. The normalized spacial score (nSPS) is 11.3. The second kappa shape index (κ2) is 8.82. The minimum absolute atomic E-state index is 0.0403. The Hall–Kier alpha value is -3.13. The van der Waals surface area contributed by atoms with Crippen LogP contribution in [0.5, 0.6) is 0 Å². The van der Waals surface area contributed by atoms with E-state index in [-0.39, 0.29) is 22.8 Å². The van der Waals surface area contributed by atoms with E-state index in [4.69, 9.17) is 11.6 Å². The molecule has 0 saturated carbocycles. The average molecular weight is 378 g/mol. The lowest BCUT2D eigenvalue weighted by Gasteiger charge is -2.18. The third kappa shape index (κ3) is 5.18. The van der Waals surface area contributed by atoms with Gasteiger partial charge in [0.2, 0.25) is 5.91 Å². The number of carbonyl (C=O) groups is 2. The number of nitro groups is 1. The molecule has 0 saturated heterocycles. The van der Waals surface area contributed by atoms with Crippen LogP contribution >= 0.6 is 11.6 Å². The Morgan fingerprint density at radius 1 is 1.23 bits per heavy atom. The SMILES string of the molecule is COC(=O)NC(Cc1ccccc1)C(=O)Nc1ccc(Cl)c([N+](=O)[O-])c1. The number of benzene rings is 2. The van der Waals surface area contributed by atoms with Gasteiger partial charge >= 0.3 is 6.09 Å². The van der Waals surface area contributed by atoms with Gasteiger partial charge in [0.15, 0.2) is 0 Å². The monoisotopic (exact) mass is 377 g/mol. The van der Waals surface area contributed by atoms with Crippen molar-refractivity contribution in [1.29, 1.82) is 0 Å². The van der Waals surface area contributed by atoms with E-state index < -0.39 is 23.0 Å². The number of carbonyl (C=O) groups excluding carboxylic acids is 2. The lowest BCUT2D eigenvalue weighted by molar-refractivity contribution is -0.384. The zero-order chi connectivity index (χ0) is 19.1. The Morgan fingerprint density at radius 3 is 2.54 bits per heavy atom.